The Kier molecular flexibility index (Phi) is 5.79. The fourth-order valence-corrected chi connectivity index (χ4v) is 3.95. The molecule has 0 heterocycles. The Bertz CT molecular complexity index is 472. The van der Waals surface area contributed by atoms with Crippen LogP contribution in [0.4, 0.5) is 5.69 Å². The highest BCUT2D eigenvalue weighted by atomic mass is 32.2. The fraction of sp³-hybridized carbons (Fsp3) is 0.588. The van der Waals surface area contributed by atoms with Crippen molar-refractivity contribution in [2.75, 3.05) is 17.2 Å². The number of nitrogens with zero attached hydrogens (tertiary/aromatic N) is 2. The van der Waals surface area contributed by atoms with Crippen molar-refractivity contribution < 1.29 is 0 Å². The zero-order valence-electron chi connectivity index (χ0n) is 12.6. The quantitative estimate of drug-likeness (QED) is 0.726. The van der Waals surface area contributed by atoms with Gasteiger partial charge in [0.1, 0.15) is 6.07 Å². The summed E-state index contributed by atoms with van der Waals surface area (Å²) in [5, 5.41) is 9.58. The average Bonchev–Trinajstić information content (AvgIpc) is 2.50. The molecule has 0 aliphatic heterocycles. The van der Waals surface area contributed by atoms with Crippen LogP contribution in [-0.4, -0.2) is 18.3 Å². The van der Waals surface area contributed by atoms with Crippen LogP contribution < -0.4 is 4.90 Å². The van der Waals surface area contributed by atoms with Gasteiger partial charge in [0.25, 0.3) is 0 Å². The maximum Gasteiger partial charge on any atom is 0.103 e. The molecular formula is C17H24N2S. The van der Waals surface area contributed by atoms with Crippen molar-refractivity contribution in [1.29, 1.82) is 5.26 Å². The van der Waals surface area contributed by atoms with Gasteiger partial charge < -0.3 is 4.90 Å². The van der Waals surface area contributed by atoms with E-state index in [1.807, 2.05) is 0 Å². The SMILES string of the molecule is CCSc1cccc(N(CC)C2CCCCC2)c1C#N. The van der Waals surface area contributed by atoms with Gasteiger partial charge >= 0.3 is 0 Å². The van der Waals surface area contributed by atoms with E-state index in [1.165, 1.54) is 32.1 Å². The van der Waals surface area contributed by atoms with E-state index < -0.39 is 0 Å². The molecule has 0 spiro atoms. The number of hydrogen-bond acceptors (Lipinski definition) is 3. The lowest BCUT2D eigenvalue weighted by Gasteiger charge is -2.36. The molecule has 0 unspecified atom stereocenters. The fourth-order valence-electron chi connectivity index (χ4n) is 3.16. The third-order valence-corrected chi connectivity index (χ3v) is 5.02. The first-order chi connectivity index (χ1) is 9.81. The molecule has 0 bridgehead atoms. The molecule has 20 heavy (non-hydrogen) atoms. The first kappa shape index (κ1) is 15.3. The minimum atomic E-state index is 0.614. The molecule has 1 aliphatic carbocycles. The Balaban J connectivity index is 2.33. The second-order valence-electron chi connectivity index (χ2n) is 5.27. The minimum absolute atomic E-state index is 0.614. The third-order valence-electron chi connectivity index (χ3n) is 4.08. The van der Waals surface area contributed by atoms with Crippen LogP contribution in [0.25, 0.3) is 0 Å². The van der Waals surface area contributed by atoms with Gasteiger partial charge in [0.2, 0.25) is 0 Å². The van der Waals surface area contributed by atoms with Crippen molar-refractivity contribution in [3.8, 4) is 6.07 Å². The van der Waals surface area contributed by atoms with Gasteiger partial charge in [-0.1, -0.05) is 32.3 Å². The Labute approximate surface area is 127 Å². The maximum atomic E-state index is 9.58. The molecule has 0 amide bonds. The van der Waals surface area contributed by atoms with E-state index >= 15 is 0 Å². The standard InChI is InChI=1S/C17H24N2S/c1-3-19(14-9-6-5-7-10-14)16-11-8-12-17(20-4-2)15(16)13-18/h8,11-12,14H,3-7,9-10H2,1-2H3. The van der Waals surface area contributed by atoms with Gasteiger partial charge in [0, 0.05) is 17.5 Å². The van der Waals surface area contributed by atoms with Crippen molar-refractivity contribution in [2.45, 2.75) is 56.9 Å². The van der Waals surface area contributed by atoms with Gasteiger partial charge in [-0.05, 0) is 37.7 Å². The van der Waals surface area contributed by atoms with Gasteiger partial charge in [-0.15, -0.1) is 11.8 Å². The number of nitriles is 1. The van der Waals surface area contributed by atoms with Crippen LogP contribution in [-0.2, 0) is 0 Å². The van der Waals surface area contributed by atoms with E-state index in [9.17, 15) is 5.26 Å². The lowest BCUT2D eigenvalue weighted by molar-refractivity contribution is 0.418. The molecule has 0 atom stereocenters. The summed E-state index contributed by atoms with van der Waals surface area (Å²) in [7, 11) is 0. The van der Waals surface area contributed by atoms with Gasteiger partial charge in [0.15, 0.2) is 0 Å². The van der Waals surface area contributed by atoms with Crippen molar-refractivity contribution in [3.63, 3.8) is 0 Å². The molecule has 1 aliphatic rings. The Morgan fingerprint density at radius 3 is 2.60 bits per heavy atom. The van der Waals surface area contributed by atoms with Gasteiger partial charge in [-0.2, -0.15) is 5.26 Å². The van der Waals surface area contributed by atoms with E-state index in [2.05, 4.69) is 43.0 Å². The number of thioether (sulfide) groups is 1. The molecule has 1 aromatic rings. The third kappa shape index (κ3) is 3.30. The molecule has 0 aromatic heterocycles. The Hall–Kier alpha value is -1.14. The topological polar surface area (TPSA) is 27.0 Å². The molecule has 2 rings (SSSR count). The summed E-state index contributed by atoms with van der Waals surface area (Å²) in [5.74, 6) is 1.01. The van der Waals surface area contributed by atoms with E-state index in [4.69, 9.17) is 0 Å². The number of rotatable bonds is 5. The summed E-state index contributed by atoms with van der Waals surface area (Å²) in [6, 6.07) is 9.35. The van der Waals surface area contributed by atoms with Crippen LogP contribution in [0.3, 0.4) is 0 Å². The van der Waals surface area contributed by atoms with E-state index in [-0.39, 0.29) is 0 Å². The molecule has 1 saturated carbocycles. The predicted octanol–water partition coefficient (Wildman–Crippen LogP) is 4.83. The van der Waals surface area contributed by atoms with Crippen molar-refractivity contribution in [1.82, 2.24) is 0 Å². The van der Waals surface area contributed by atoms with E-state index in [0.29, 0.717) is 6.04 Å². The van der Waals surface area contributed by atoms with Crippen LogP contribution in [0.15, 0.2) is 23.1 Å². The smallest absolute Gasteiger partial charge is 0.103 e. The molecule has 0 saturated heterocycles. The second-order valence-corrected chi connectivity index (χ2v) is 6.58. The molecule has 3 heteroatoms. The first-order valence-electron chi connectivity index (χ1n) is 7.74. The number of anilines is 1. The van der Waals surface area contributed by atoms with E-state index in [0.717, 1.165) is 28.4 Å². The zero-order valence-corrected chi connectivity index (χ0v) is 13.4. The lowest BCUT2D eigenvalue weighted by Crippen LogP contribution is -2.37. The van der Waals surface area contributed by atoms with Crippen LogP contribution in [0, 0.1) is 11.3 Å². The first-order valence-corrected chi connectivity index (χ1v) is 8.72. The van der Waals surface area contributed by atoms with Crippen molar-refractivity contribution >= 4 is 17.4 Å². The molecular weight excluding hydrogens is 264 g/mol. The molecule has 1 fully saturated rings. The van der Waals surface area contributed by atoms with Crippen LogP contribution in [0.1, 0.15) is 51.5 Å². The van der Waals surface area contributed by atoms with Gasteiger partial charge in [0.05, 0.1) is 11.3 Å². The van der Waals surface area contributed by atoms with Gasteiger partial charge in [-0.25, -0.2) is 0 Å². The summed E-state index contributed by atoms with van der Waals surface area (Å²) in [5.41, 5.74) is 2.01. The minimum Gasteiger partial charge on any atom is -0.368 e. The average molecular weight is 288 g/mol. The molecule has 108 valence electrons. The second kappa shape index (κ2) is 7.59. The summed E-state index contributed by atoms with van der Waals surface area (Å²) >= 11 is 1.77. The Morgan fingerprint density at radius 1 is 1.25 bits per heavy atom. The summed E-state index contributed by atoms with van der Waals surface area (Å²) in [6.45, 7) is 5.33. The number of benzene rings is 1. The summed E-state index contributed by atoms with van der Waals surface area (Å²) < 4.78 is 0. The maximum absolute atomic E-state index is 9.58. The monoisotopic (exact) mass is 288 g/mol. The Morgan fingerprint density at radius 2 is 2.00 bits per heavy atom. The van der Waals surface area contributed by atoms with Crippen LogP contribution in [0.2, 0.25) is 0 Å². The molecule has 1 aromatic carbocycles. The molecule has 0 radical (unpaired) electrons. The van der Waals surface area contributed by atoms with Gasteiger partial charge in [-0.3, -0.25) is 0 Å². The van der Waals surface area contributed by atoms with Crippen molar-refractivity contribution in [2.24, 2.45) is 0 Å². The van der Waals surface area contributed by atoms with Crippen LogP contribution in [0.5, 0.6) is 0 Å². The summed E-state index contributed by atoms with van der Waals surface area (Å²) in [6.07, 6.45) is 6.55. The molecule has 2 nitrogen and oxygen atoms in total. The van der Waals surface area contributed by atoms with Crippen LogP contribution >= 0.6 is 11.8 Å². The highest BCUT2D eigenvalue weighted by Gasteiger charge is 2.23. The normalized spacial score (nSPS) is 15.8. The highest BCUT2D eigenvalue weighted by Crippen LogP contribution is 2.34. The lowest BCUT2D eigenvalue weighted by atomic mass is 9.93. The highest BCUT2D eigenvalue weighted by molar-refractivity contribution is 7.99. The van der Waals surface area contributed by atoms with E-state index in [1.54, 1.807) is 11.8 Å². The summed E-state index contributed by atoms with van der Waals surface area (Å²) in [4.78, 5) is 3.58. The predicted molar refractivity (Wildman–Crippen MR) is 87.4 cm³/mol. The van der Waals surface area contributed by atoms with Crippen molar-refractivity contribution in [3.05, 3.63) is 23.8 Å². The largest absolute Gasteiger partial charge is 0.368 e. The molecule has 0 N–H and O–H groups in total. The zero-order chi connectivity index (χ0) is 14.4. The number of hydrogen-bond donors (Lipinski definition) is 0.